The zero-order valence-corrected chi connectivity index (χ0v) is 14.6. The number of ether oxygens (including phenoxy) is 1. The predicted molar refractivity (Wildman–Crippen MR) is 96.4 cm³/mol. The highest BCUT2D eigenvalue weighted by Crippen LogP contribution is 2.09. The first-order valence-corrected chi connectivity index (χ1v) is 8.72. The molecule has 0 aliphatic rings. The van der Waals surface area contributed by atoms with Gasteiger partial charge in [0.2, 0.25) is 0 Å². The maximum atomic E-state index is 5.62. The molecule has 0 aliphatic heterocycles. The van der Waals surface area contributed by atoms with Crippen molar-refractivity contribution in [3.8, 4) is 5.75 Å². The molecule has 2 heterocycles. The van der Waals surface area contributed by atoms with Crippen LogP contribution in [-0.4, -0.2) is 49.1 Å². The lowest BCUT2D eigenvalue weighted by Gasteiger charge is -2.21. The number of aliphatic imine (C=N–C) groups is 1. The van der Waals surface area contributed by atoms with Gasteiger partial charge in [0.05, 0.1) is 12.7 Å². The lowest BCUT2D eigenvalue weighted by atomic mass is 10.3. The summed E-state index contributed by atoms with van der Waals surface area (Å²) in [6, 6.07) is 8.02. The first-order chi connectivity index (χ1) is 11.3. The predicted octanol–water partition coefficient (Wildman–Crippen LogP) is 2.66. The zero-order valence-electron chi connectivity index (χ0n) is 13.7. The second kappa shape index (κ2) is 9.84. The highest BCUT2D eigenvalue weighted by Gasteiger charge is 2.06. The third-order valence-corrected chi connectivity index (χ3v) is 4.16. The fourth-order valence-electron chi connectivity index (χ4n) is 2.06. The third kappa shape index (κ3) is 6.28. The molecule has 2 aromatic heterocycles. The molecule has 0 aromatic carbocycles. The van der Waals surface area contributed by atoms with Gasteiger partial charge in [-0.05, 0) is 36.9 Å². The van der Waals surface area contributed by atoms with Gasteiger partial charge in [0, 0.05) is 31.2 Å². The Balaban J connectivity index is 1.78. The average Bonchev–Trinajstić information content (AvgIpc) is 3.10. The van der Waals surface area contributed by atoms with E-state index in [2.05, 4.69) is 51.7 Å². The van der Waals surface area contributed by atoms with E-state index in [1.807, 2.05) is 12.1 Å². The Bertz CT molecular complexity index is 572. The second-order valence-electron chi connectivity index (χ2n) is 5.02. The smallest absolute Gasteiger partial charge is 0.193 e. The van der Waals surface area contributed by atoms with E-state index < -0.39 is 0 Å². The molecule has 5 nitrogen and oxygen atoms in total. The van der Waals surface area contributed by atoms with E-state index in [9.17, 15) is 0 Å². The number of rotatable bonds is 8. The van der Waals surface area contributed by atoms with E-state index in [-0.39, 0.29) is 0 Å². The van der Waals surface area contributed by atoms with Gasteiger partial charge < -0.3 is 15.0 Å². The molecule has 2 rings (SSSR count). The summed E-state index contributed by atoms with van der Waals surface area (Å²) in [5.74, 6) is 1.69. The number of thiophene rings is 1. The Kier molecular flexibility index (Phi) is 7.39. The van der Waals surface area contributed by atoms with Crippen molar-refractivity contribution in [2.24, 2.45) is 4.99 Å². The summed E-state index contributed by atoms with van der Waals surface area (Å²) in [5.41, 5.74) is 0. The van der Waals surface area contributed by atoms with Gasteiger partial charge in [-0.3, -0.25) is 4.98 Å². The van der Waals surface area contributed by atoms with E-state index in [0.717, 1.165) is 31.2 Å². The lowest BCUT2D eigenvalue weighted by Crippen LogP contribution is -2.40. The van der Waals surface area contributed by atoms with Gasteiger partial charge in [-0.2, -0.15) is 0 Å². The number of likely N-dealkylation sites (N-methyl/N-ethyl adjacent to an activating group) is 1. The Morgan fingerprint density at radius 3 is 3.00 bits per heavy atom. The fraction of sp³-hybridized carbons (Fsp3) is 0.412. The van der Waals surface area contributed by atoms with Crippen LogP contribution < -0.4 is 10.1 Å². The van der Waals surface area contributed by atoms with Crippen LogP contribution in [0.15, 0.2) is 47.0 Å². The molecule has 6 heteroatoms. The largest absolute Gasteiger partial charge is 0.490 e. The van der Waals surface area contributed by atoms with Gasteiger partial charge in [-0.1, -0.05) is 6.07 Å². The fourth-order valence-corrected chi connectivity index (χ4v) is 2.75. The van der Waals surface area contributed by atoms with Crippen LogP contribution in [0.4, 0.5) is 0 Å². The molecular weight excluding hydrogens is 308 g/mol. The number of nitrogens with zero attached hydrogens (tertiary/aromatic N) is 3. The number of hydrogen-bond acceptors (Lipinski definition) is 4. The number of pyridine rings is 1. The SMILES string of the molecule is CCNC(=NCCOc1cccnc1)N(C)CCc1cccs1. The molecule has 0 unspecified atom stereocenters. The maximum Gasteiger partial charge on any atom is 0.193 e. The Labute approximate surface area is 142 Å². The molecule has 2 aromatic rings. The van der Waals surface area contributed by atoms with Crippen molar-refractivity contribution in [2.75, 3.05) is 33.3 Å². The van der Waals surface area contributed by atoms with Crippen LogP contribution in [0.1, 0.15) is 11.8 Å². The minimum Gasteiger partial charge on any atom is -0.490 e. The van der Waals surface area contributed by atoms with Crippen LogP contribution in [0.2, 0.25) is 0 Å². The van der Waals surface area contributed by atoms with Crippen molar-refractivity contribution in [1.82, 2.24) is 15.2 Å². The molecule has 0 spiro atoms. The molecule has 0 bridgehead atoms. The first-order valence-electron chi connectivity index (χ1n) is 7.84. The van der Waals surface area contributed by atoms with Crippen molar-refractivity contribution in [2.45, 2.75) is 13.3 Å². The van der Waals surface area contributed by atoms with Crippen molar-refractivity contribution >= 4 is 17.3 Å². The highest BCUT2D eigenvalue weighted by molar-refractivity contribution is 7.09. The van der Waals surface area contributed by atoms with E-state index in [0.29, 0.717) is 13.2 Å². The third-order valence-electron chi connectivity index (χ3n) is 3.23. The molecule has 124 valence electrons. The van der Waals surface area contributed by atoms with Gasteiger partial charge in [-0.15, -0.1) is 11.3 Å². The molecule has 0 amide bonds. The van der Waals surface area contributed by atoms with E-state index in [1.165, 1.54) is 4.88 Å². The van der Waals surface area contributed by atoms with Gasteiger partial charge in [0.25, 0.3) is 0 Å². The average molecular weight is 332 g/mol. The summed E-state index contributed by atoms with van der Waals surface area (Å²) in [6.07, 6.45) is 4.48. The highest BCUT2D eigenvalue weighted by atomic mass is 32.1. The number of aromatic nitrogens is 1. The van der Waals surface area contributed by atoms with Crippen LogP contribution in [0, 0.1) is 0 Å². The van der Waals surface area contributed by atoms with Crippen molar-refractivity contribution in [3.05, 3.63) is 46.9 Å². The Morgan fingerprint density at radius 2 is 2.30 bits per heavy atom. The minimum absolute atomic E-state index is 0.541. The molecule has 0 radical (unpaired) electrons. The summed E-state index contributed by atoms with van der Waals surface area (Å²) >= 11 is 1.80. The van der Waals surface area contributed by atoms with Crippen molar-refractivity contribution in [3.63, 3.8) is 0 Å². The molecular formula is C17H24N4OS. The quantitative estimate of drug-likeness (QED) is 0.459. The molecule has 0 atom stereocenters. The topological polar surface area (TPSA) is 49.8 Å². The van der Waals surface area contributed by atoms with Gasteiger partial charge >= 0.3 is 0 Å². The second-order valence-corrected chi connectivity index (χ2v) is 6.06. The first kappa shape index (κ1) is 17.3. The monoisotopic (exact) mass is 332 g/mol. The molecule has 0 saturated carbocycles. The molecule has 0 fully saturated rings. The standard InChI is InChI=1S/C17H24N4OS/c1-3-19-17(21(2)11-8-16-7-5-13-23-16)20-10-12-22-15-6-4-9-18-14-15/h4-7,9,13-14H,3,8,10-12H2,1-2H3,(H,19,20). The number of guanidine groups is 1. The maximum absolute atomic E-state index is 5.62. The summed E-state index contributed by atoms with van der Waals surface area (Å²) in [5, 5.41) is 5.44. The van der Waals surface area contributed by atoms with Crippen LogP contribution in [0.3, 0.4) is 0 Å². The van der Waals surface area contributed by atoms with Crippen LogP contribution >= 0.6 is 11.3 Å². The van der Waals surface area contributed by atoms with Crippen molar-refractivity contribution in [1.29, 1.82) is 0 Å². The lowest BCUT2D eigenvalue weighted by molar-refractivity contribution is 0.326. The van der Waals surface area contributed by atoms with Crippen LogP contribution in [0.25, 0.3) is 0 Å². The summed E-state index contributed by atoms with van der Waals surface area (Å²) in [4.78, 5) is 12.2. The summed E-state index contributed by atoms with van der Waals surface area (Å²) in [6.45, 7) is 5.02. The Morgan fingerprint density at radius 1 is 1.39 bits per heavy atom. The molecule has 0 saturated heterocycles. The zero-order chi connectivity index (χ0) is 16.3. The summed E-state index contributed by atoms with van der Waals surface area (Å²) < 4.78 is 5.62. The minimum atomic E-state index is 0.541. The van der Waals surface area contributed by atoms with Gasteiger partial charge in [0.1, 0.15) is 12.4 Å². The van der Waals surface area contributed by atoms with Crippen molar-refractivity contribution < 1.29 is 4.74 Å². The van der Waals surface area contributed by atoms with E-state index in [1.54, 1.807) is 23.7 Å². The van der Waals surface area contributed by atoms with E-state index in [4.69, 9.17) is 4.74 Å². The molecule has 1 N–H and O–H groups in total. The molecule has 23 heavy (non-hydrogen) atoms. The number of nitrogens with one attached hydrogen (secondary N) is 1. The summed E-state index contributed by atoms with van der Waals surface area (Å²) in [7, 11) is 2.07. The van der Waals surface area contributed by atoms with Crippen LogP contribution in [-0.2, 0) is 6.42 Å². The number of hydrogen-bond donors (Lipinski definition) is 1. The Hall–Kier alpha value is -2.08. The molecule has 0 aliphatic carbocycles. The van der Waals surface area contributed by atoms with Gasteiger partial charge in [0.15, 0.2) is 5.96 Å². The normalized spacial score (nSPS) is 11.3. The van der Waals surface area contributed by atoms with Crippen LogP contribution in [0.5, 0.6) is 5.75 Å². The van der Waals surface area contributed by atoms with E-state index >= 15 is 0 Å². The van der Waals surface area contributed by atoms with Gasteiger partial charge in [-0.25, -0.2) is 4.99 Å².